The predicted octanol–water partition coefficient (Wildman–Crippen LogP) is 5.28. The molecule has 0 aliphatic heterocycles. The summed E-state index contributed by atoms with van der Waals surface area (Å²) in [7, 11) is 0. The second-order valence-electron chi connectivity index (χ2n) is 8.47. The second-order valence-corrected chi connectivity index (χ2v) is 8.88. The van der Waals surface area contributed by atoms with Gasteiger partial charge in [0.1, 0.15) is 11.8 Å². The van der Waals surface area contributed by atoms with Gasteiger partial charge in [0, 0.05) is 17.6 Å². The van der Waals surface area contributed by atoms with E-state index >= 15 is 0 Å². The first-order valence-electron chi connectivity index (χ1n) is 11.5. The minimum Gasteiger partial charge on any atom is -0.484 e. The number of hydrogen-bond donors (Lipinski definition) is 1. The van der Waals surface area contributed by atoms with E-state index in [1.807, 2.05) is 50.2 Å². The Morgan fingerprint density at radius 1 is 1.12 bits per heavy atom. The zero-order valence-electron chi connectivity index (χ0n) is 19.0. The van der Waals surface area contributed by atoms with E-state index in [1.165, 1.54) is 6.42 Å². The zero-order valence-corrected chi connectivity index (χ0v) is 19.7. The van der Waals surface area contributed by atoms with Gasteiger partial charge in [0.05, 0.1) is 0 Å². The SMILES string of the molecule is CCC(C(=O)NC1CCCCC1)N(Cc1ccccc1)C(=O)COc1ccc(Cl)c(C)c1. The van der Waals surface area contributed by atoms with E-state index in [2.05, 4.69) is 5.32 Å². The van der Waals surface area contributed by atoms with Crippen molar-refractivity contribution >= 4 is 23.4 Å². The summed E-state index contributed by atoms with van der Waals surface area (Å²) in [5.41, 5.74) is 1.86. The average Bonchev–Trinajstić information content (AvgIpc) is 2.81. The average molecular weight is 457 g/mol. The highest BCUT2D eigenvalue weighted by atomic mass is 35.5. The van der Waals surface area contributed by atoms with Crippen LogP contribution in [0.15, 0.2) is 48.5 Å². The number of hydrogen-bond acceptors (Lipinski definition) is 3. The molecule has 2 amide bonds. The van der Waals surface area contributed by atoms with Crippen LogP contribution in [0.25, 0.3) is 0 Å². The Morgan fingerprint density at radius 2 is 1.84 bits per heavy atom. The van der Waals surface area contributed by atoms with Crippen LogP contribution >= 0.6 is 11.6 Å². The highest BCUT2D eigenvalue weighted by Gasteiger charge is 2.30. The van der Waals surface area contributed by atoms with Crippen molar-refractivity contribution < 1.29 is 14.3 Å². The summed E-state index contributed by atoms with van der Waals surface area (Å²) in [4.78, 5) is 28.1. The van der Waals surface area contributed by atoms with Crippen molar-refractivity contribution in [1.29, 1.82) is 0 Å². The van der Waals surface area contributed by atoms with Crippen LogP contribution in [0.4, 0.5) is 0 Å². The summed E-state index contributed by atoms with van der Waals surface area (Å²) < 4.78 is 5.77. The topological polar surface area (TPSA) is 58.6 Å². The van der Waals surface area contributed by atoms with Crippen LogP contribution in [-0.2, 0) is 16.1 Å². The lowest BCUT2D eigenvalue weighted by molar-refractivity contribution is -0.143. The molecule has 2 aromatic rings. The van der Waals surface area contributed by atoms with Gasteiger partial charge in [-0.1, -0.05) is 68.1 Å². The fraction of sp³-hybridized carbons (Fsp3) is 0.462. The number of carbonyl (C=O) groups excluding carboxylic acids is 2. The summed E-state index contributed by atoms with van der Waals surface area (Å²) in [6.45, 7) is 4.06. The molecule has 1 saturated carbocycles. The number of aryl methyl sites for hydroxylation is 1. The molecule has 1 aliphatic carbocycles. The number of nitrogens with one attached hydrogen (secondary N) is 1. The molecule has 1 fully saturated rings. The third-order valence-electron chi connectivity index (χ3n) is 6.02. The number of halogens is 1. The Morgan fingerprint density at radius 3 is 2.50 bits per heavy atom. The molecular formula is C26H33ClN2O3. The van der Waals surface area contributed by atoms with Crippen LogP contribution in [0.5, 0.6) is 5.75 Å². The molecule has 1 unspecified atom stereocenters. The number of carbonyl (C=O) groups is 2. The van der Waals surface area contributed by atoms with Gasteiger partial charge in [0.15, 0.2) is 6.61 Å². The van der Waals surface area contributed by atoms with Gasteiger partial charge in [0.2, 0.25) is 5.91 Å². The van der Waals surface area contributed by atoms with Crippen molar-refractivity contribution in [2.75, 3.05) is 6.61 Å². The van der Waals surface area contributed by atoms with E-state index in [9.17, 15) is 9.59 Å². The van der Waals surface area contributed by atoms with E-state index in [1.54, 1.807) is 17.0 Å². The molecule has 0 saturated heterocycles. The summed E-state index contributed by atoms with van der Waals surface area (Å²) in [5.74, 6) is 0.290. The highest BCUT2D eigenvalue weighted by molar-refractivity contribution is 6.31. The van der Waals surface area contributed by atoms with Crippen LogP contribution in [0.1, 0.15) is 56.6 Å². The number of rotatable bonds is 9. The third-order valence-corrected chi connectivity index (χ3v) is 6.45. The van der Waals surface area contributed by atoms with Crippen molar-refractivity contribution in [2.45, 2.75) is 71.0 Å². The Balaban J connectivity index is 1.73. The Kier molecular flexibility index (Phi) is 8.98. The van der Waals surface area contributed by atoms with E-state index < -0.39 is 6.04 Å². The fourth-order valence-electron chi connectivity index (χ4n) is 4.18. The third kappa shape index (κ3) is 6.73. The van der Waals surface area contributed by atoms with Crippen LogP contribution in [0.2, 0.25) is 5.02 Å². The molecule has 172 valence electrons. The van der Waals surface area contributed by atoms with Crippen molar-refractivity contribution in [1.82, 2.24) is 10.2 Å². The molecular weight excluding hydrogens is 424 g/mol. The van der Waals surface area contributed by atoms with E-state index in [4.69, 9.17) is 16.3 Å². The van der Waals surface area contributed by atoms with E-state index in [-0.39, 0.29) is 24.5 Å². The summed E-state index contributed by atoms with van der Waals surface area (Å²) in [5, 5.41) is 3.84. The number of benzene rings is 2. The first kappa shape index (κ1) is 24.1. The molecule has 0 radical (unpaired) electrons. The molecule has 0 spiro atoms. The minimum atomic E-state index is -0.541. The van der Waals surface area contributed by atoms with Gasteiger partial charge in [-0.3, -0.25) is 9.59 Å². The first-order valence-corrected chi connectivity index (χ1v) is 11.9. The monoisotopic (exact) mass is 456 g/mol. The largest absolute Gasteiger partial charge is 0.484 e. The molecule has 0 bridgehead atoms. The molecule has 0 aromatic heterocycles. The fourth-order valence-corrected chi connectivity index (χ4v) is 4.30. The van der Waals surface area contributed by atoms with Crippen molar-refractivity contribution in [3.05, 3.63) is 64.7 Å². The van der Waals surface area contributed by atoms with Crippen molar-refractivity contribution in [3.8, 4) is 5.75 Å². The Labute approximate surface area is 196 Å². The maximum atomic E-state index is 13.3. The molecule has 6 heteroatoms. The Bertz CT molecular complexity index is 897. The van der Waals surface area contributed by atoms with Gasteiger partial charge in [-0.2, -0.15) is 0 Å². The molecule has 32 heavy (non-hydrogen) atoms. The lowest BCUT2D eigenvalue weighted by Gasteiger charge is -2.32. The van der Waals surface area contributed by atoms with Crippen LogP contribution in [0, 0.1) is 6.92 Å². The molecule has 0 heterocycles. The smallest absolute Gasteiger partial charge is 0.261 e. The van der Waals surface area contributed by atoms with Gasteiger partial charge < -0.3 is 15.0 Å². The Hall–Kier alpha value is -2.53. The number of ether oxygens (including phenoxy) is 1. The van der Waals surface area contributed by atoms with Crippen molar-refractivity contribution in [3.63, 3.8) is 0 Å². The first-order chi connectivity index (χ1) is 15.5. The molecule has 1 atom stereocenters. The van der Waals surface area contributed by atoms with E-state index in [0.29, 0.717) is 23.7 Å². The molecule has 5 nitrogen and oxygen atoms in total. The van der Waals surface area contributed by atoms with Gasteiger partial charge in [-0.05, 0) is 55.5 Å². The van der Waals surface area contributed by atoms with Crippen LogP contribution in [0.3, 0.4) is 0 Å². The maximum absolute atomic E-state index is 13.3. The van der Waals surface area contributed by atoms with Crippen LogP contribution < -0.4 is 10.1 Å². The normalized spacial score (nSPS) is 15.1. The van der Waals surface area contributed by atoms with Gasteiger partial charge in [-0.15, -0.1) is 0 Å². The van der Waals surface area contributed by atoms with Gasteiger partial charge >= 0.3 is 0 Å². The van der Waals surface area contributed by atoms with E-state index in [0.717, 1.165) is 36.8 Å². The number of amides is 2. The lowest BCUT2D eigenvalue weighted by Crippen LogP contribution is -2.52. The van der Waals surface area contributed by atoms with Gasteiger partial charge in [0.25, 0.3) is 5.91 Å². The quantitative estimate of drug-likeness (QED) is 0.558. The summed E-state index contributed by atoms with van der Waals surface area (Å²) in [6, 6.07) is 14.7. The molecule has 3 rings (SSSR count). The summed E-state index contributed by atoms with van der Waals surface area (Å²) >= 11 is 6.08. The predicted molar refractivity (Wildman–Crippen MR) is 128 cm³/mol. The minimum absolute atomic E-state index is 0.0778. The number of nitrogens with zero attached hydrogens (tertiary/aromatic N) is 1. The zero-order chi connectivity index (χ0) is 22.9. The summed E-state index contributed by atoms with van der Waals surface area (Å²) in [6.07, 6.45) is 6.06. The van der Waals surface area contributed by atoms with Gasteiger partial charge in [-0.25, -0.2) is 0 Å². The lowest BCUT2D eigenvalue weighted by atomic mass is 9.95. The second kappa shape index (κ2) is 11.9. The standard InChI is InChI=1S/C26H33ClN2O3/c1-3-24(26(31)28-21-12-8-5-9-13-21)29(17-20-10-6-4-7-11-20)25(30)18-32-22-14-15-23(27)19(2)16-22/h4,6-7,10-11,14-16,21,24H,3,5,8-9,12-13,17-18H2,1-2H3,(H,28,31). The highest BCUT2D eigenvalue weighted by Crippen LogP contribution is 2.22. The molecule has 2 aromatic carbocycles. The van der Waals surface area contributed by atoms with Crippen LogP contribution in [-0.4, -0.2) is 35.4 Å². The van der Waals surface area contributed by atoms with Crippen molar-refractivity contribution in [2.24, 2.45) is 0 Å². The maximum Gasteiger partial charge on any atom is 0.261 e. The molecule has 1 aliphatic rings. The molecule has 1 N–H and O–H groups in total.